The molecule has 2 N–H and O–H groups in total. The highest BCUT2D eigenvalue weighted by atomic mass is 16.3. The first-order valence-corrected chi connectivity index (χ1v) is 8.19. The van der Waals surface area contributed by atoms with Crippen molar-refractivity contribution in [2.45, 2.75) is 52.4 Å². The molecule has 0 aliphatic heterocycles. The van der Waals surface area contributed by atoms with Crippen LogP contribution in [0.4, 0.5) is 11.6 Å². The normalized spacial score (nSPS) is 14.3. The Morgan fingerprint density at radius 3 is 2.52 bits per heavy atom. The van der Waals surface area contributed by atoms with Crippen molar-refractivity contribution < 1.29 is 5.11 Å². The van der Waals surface area contributed by atoms with Crippen molar-refractivity contribution in [3.05, 3.63) is 11.4 Å². The summed E-state index contributed by atoms with van der Waals surface area (Å²) in [6.45, 7) is 9.00. The van der Waals surface area contributed by atoms with Gasteiger partial charge in [0.05, 0.1) is 6.61 Å². The van der Waals surface area contributed by atoms with Crippen LogP contribution in [-0.4, -0.2) is 41.3 Å². The van der Waals surface area contributed by atoms with E-state index in [1.165, 1.54) is 12.8 Å². The average Bonchev–Trinajstić information content (AvgIpc) is 3.31. The fraction of sp³-hybridized carbons (Fsp3) is 0.750. The van der Waals surface area contributed by atoms with E-state index in [2.05, 4.69) is 31.0 Å². The summed E-state index contributed by atoms with van der Waals surface area (Å²) in [7, 11) is 0. The number of aliphatic hydroxyl groups is 1. The SMILES string of the molecule is CCCNc1nc(C2CC2)nc(N(CCC)CCO)c1C. The summed E-state index contributed by atoms with van der Waals surface area (Å²) in [4.78, 5) is 11.7. The first kappa shape index (κ1) is 16.0. The van der Waals surface area contributed by atoms with Crippen molar-refractivity contribution >= 4 is 11.6 Å². The van der Waals surface area contributed by atoms with E-state index in [1.807, 2.05) is 0 Å². The molecule has 1 saturated carbocycles. The summed E-state index contributed by atoms with van der Waals surface area (Å²) in [6.07, 6.45) is 4.51. The zero-order valence-electron chi connectivity index (χ0n) is 13.5. The summed E-state index contributed by atoms with van der Waals surface area (Å²) in [6, 6.07) is 0. The molecule has 1 heterocycles. The number of aliphatic hydroxyl groups excluding tert-OH is 1. The summed E-state index contributed by atoms with van der Waals surface area (Å²) in [5.41, 5.74) is 1.09. The van der Waals surface area contributed by atoms with Gasteiger partial charge in [0.2, 0.25) is 0 Å². The van der Waals surface area contributed by atoms with Crippen LogP contribution >= 0.6 is 0 Å². The molecule has 21 heavy (non-hydrogen) atoms. The molecule has 0 saturated heterocycles. The molecule has 0 amide bonds. The van der Waals surface area contributed by atoms with Gasteiger partial charge in [-0.15, -0.1) is 0 Å². The molecule has 0 unspecified atom stereocenters. The lowest BCUT2D eigenvalue weighted by atomic mass is 10.2. The Hall–Kier alpha value is -1.36. The van der Waals surface area contributed by atoms with Gasteiger partial charge >= 0.3 is 0 Å². The smallest absolute Gasteiger partial charge is 0.137 e. The predicted molar refractivity (Wildman–Crippen MR) is 87.1 cm³/mol. The lowest BCUT2D eigenvalue weighted by Crippen LogP contribution is -2.30. The van der Waals surface area contributed by atoms with Crippen LogP contribution in [0.2, 0.25) is 0 Å². The van der Waals surface area contributed by atoms with E-state index in [0.29, 0.717) is 12.5 Å². The molecule has 1 aliphatic rings. The summed E-state index contributed by atoms with van der Waals surface area (Å²) in [5.74, 6) is 3.45. The maximum absolute atomic E-state index is 9.32. The minimum atomic E-state index is 0.153. The number of hydrogen-bond acceptors (Lipinski definition) is 5. The molecule has 1 fully saturated rings. The summed E-state index contributed by atoms with van der Waals surface area (Å²) in [5, 5.41) is 12.7. The molecule has 0 atom stereocenters. The highest BCUT2D eigenvalue weighted by Crippen LogP contribution is 2.40. The van der Waals surface area contributed by atoms with Crippen molar-refractivity contribution in [2.24, 2.45) is 0 Å². The van der Waals surface area contributed by atoms with Crippen molar-refractivity contribution in [2.75, 3.05) is 36.5 Å². The van der Waals surface area contributed by atoms with E-state index in [4.69, 9.17) is 9.97 Å². The zero-order chi connectivity index (χ0) is 15.2. The van der Waals surface area contributed by atoms with E-state index < -0.39 is 0 Å². The average molecular weight is 292 g/mol. The van der Waals surface area contributed by atoms with Crippen molar-refractivity contribution in [1.29, 1.82) is 0 Å². The van der Waals surface area contributed by atoms with Crippen molar-refractivity contribution in [1.82, 2.24) is 9.97 Å². The van der Waals surface area contributed by atoms with Crippen LogP contribution in [0.15, 0.2) is 0 Å². The van der Waals surface area contributed by atoms with Crippen LogP contribution in [0.25, 0.3) is 0 Å². The van der Waals surface area contributed by atoms with Gasteiger partial charge < -0.3 is 15.3 Å². The molecule has 118 valence electrons. The van der Waals surface area contributed by atoms with Gasteiger partial charge in [-0.25, -0.2) is 9.97 Å². The Balaban J connectivity index is 2.33. The molecule has 0 radical (unpaired) electrons. The Morgan fingerprint density at radius 2 is 1.95 bits per heavy atom. The van der Waals surface area contributed by atoms with Crippen LogP contribution < -0.4 is 10.2 Å². The van der Waals surface area contributed by atoms with Gasteiger partial charge in [0.1, 0.15) is 17.5 Å². The first-order chi connectivity index (χ1) is 10.2. The Kier molecular flexibility index (Phi) is 5.79. The summed E-state index contributed by atoms with van der Waals surface area (Å²) >= 11 is 0. The third-order valence-electron chi connectivity index (χ3n) is 3.79. The van der Waals surface area contributed by atoms with Crippen LogP contribution in [0, 0.1) is 6.92 Å². The number of aromatic nitrogens is 2. The Bertz CT molecular complexity index is 454. The molecule has 0 aromatic carbocycles. The third-order valence-corrected chi connectivity index (χ3v) is 3.79. The second-order valence-electron chi connectivity index (χ2n) is 5.79. The molecule has 1 aromatic rings. The van der Waals surface area contributed by atoms with Gasteiger partial charge in [-0.05, 0) is 32.6 Å². The van der Waals surface area contributed by atoms with E-state index >= 15 is 0 Å². The molecular weight excluding hydrogens is 264 g/mol. The monoisotopic (exact) mass is 292 g/mol. The maximum Gasteiger partial charge on any atom is 0.137 e. The van der Waals surface area contributed by atoms with Crippen molar-refractivity contribution in [3.63, 3.8) is 0 Å². The van der Waals surface area contributed by atoms with E-state index in [-0.39, 0.29) is 6.61 Å². The first-order valence-electron chi connectivity index (χ1n) is 8.19. The van der Waals surface area contributed by atoms with Crippen LogP contribution in [0.3, 0.4) is 0 Å². The fourth-order valence-corrected chi connectivity index (χ4v) is 2.48. The minimum Gasteiger partial charge on any atom is -0.395 e. The van der Waals surface area contributed by atoms with Gasteiger partial charge in [-0.1, -0.05) is 13.8 Å². The minimum absolute atomic E-state index is 0.153. The molecule has 0 spiro atoms. The molecule has 1 aliphatic carbocycles. The number of hydrogen-bond donors (Lipinski definition) is 2. The van der Waals surface area contributed by atoms with Crippen LogP contribution in [0.5, 0.6) is 0 Å². The Labute approximate surface area is 127 Å². The predicted octanol–water partition coefficient (Wildman–Crippen LogP) is 2.69. The lowest BCUT2D eigenvalue weighted by Gasteiger charge is -2.25. The highest BCUT2D eigenvalue weighted by Gasteiger charge is 2.29. The summed E-state index contributed by atoms with van der Waals surface area (Å²) < 4.78 is 0. The molecule has 2 rings (SSSR count). The van der Waals surface area contributed by atoms with Gasteiger partial charge in [0.15, 0.2) is 0 Å². The quantitative estimate of drug-likeness (QED) is 0.733. The second kappa shape index (κ2) is 7.59. The third kappa shape index (κ3) is 4.06. The van der Waals surface area contributed by atoms with E-state index in [0.717, 1.165) is 49.0 Å². The van der Waals surface area contributed by atoms with Gasteiger partial charge in [-0.3, -0.25) is 0 Å². The van der Waals surface area contributed by atoms with E-state index in [9.17, 15) is 5.11 Å². The Morgan fingerprint density at radius 1 is 1.19 bits per heavy atom. The van der Waals surface area contributed by atoms with Crippen LogP contribution in [0.1, 0.15) is 56.8 Å². The molecule has 5 nitrogen and oxygen atoms in total. The number of nitrogens with zero attached hydrogens (tertiary/aromatic N) is 3. The molecular formula is C16H28N4O. The number of rotatable bonds is 9. The van der Waals surface area contributed by atoms with Crippen molar-refractivity contribution in [3.8, 4) is 0 Å². The molecule has 1 aromatic heterocycles. The standard InChI is InChI=1S/C16H28N4O/c1-4-8-17-14-12(3)16(20(9-5-2)10-11-21)19-15(18-14)13-6-7-13/h13,21H,4-11H2,1-3H3,(H,17,18,19). The lowest BCUT2D eigenvalue weighted by molar-refractivity contribution is 0.301. The maximum atomic E-state index is 9.32. The largest absolute Gasteiger partial charge is 0.395 e. The van der Waals surface area contributed by atoms with Crippen LogP contribution in [-0.2, 0) is 0 Å². The number of anilines is 2. The van der Waals surface area contributed by atoms with E-state index in [1.54, 1.807) is 0 Å². The van der Waals surface area contributed by atoms with Gasteiger partial charge in [-0.2, -0.15) is 0 Å². The zero-order valence-corrected chi connectivity index (χ0v) is 13.5. The molecule has 0 bridgehead atoms. The fourth-order valence-electron chi connectivity index (χ4n) is 2.48. The van der Waals surface area contributed by atoms with Gasteiger partial charge in [0, 0.05) is 31.1 Å². The van der Waals surface area contributed by atoms with Gasteiger partial charge in [0.25, 0.3) is 0 Å². The highest BCUT2D eigenvalue weighted by molar-refractivity contribution is 5.59. The second-order valence-corrected chi connectivity index (χ2v) is 5.79. The molecule has 5 heteroatoms. The topological polar surface area (TPSA) is 61.3 Å². The number of nitrogens with one attached hydrogen (secondary N) is 1.